The second-order valence-electron chi connectivity index (χ2n) is 5.50. The molecule has 0 atom stereocenters. The van der Waals surface area contributed by atoms with Gasteiger partial charge in [0.05, 0.1) is 10.5 Å². The normalized spacial score (nSPS) is 11.3. The molecule has 0 N–H and O–H groups in total. The molecule has 0 aliphatic carbocycles. The van der Waals surface area contributed by atoms with E-state index in [0.29, 0.717) is 11.3 Å². The Labute approximate surface area is 149 Å². The lowest BCUT2D eigenvalue weighted by Crippen LogP contribution is -2.11. The Kier molecular flexibility index (Phi) is 4.85. The molecule has 1 aromatic heterocycles. The highest BCUT2D eigenvalue weighted by Crippen LogP contribution is 2.20. The number of carbonyl (C=O) groups excluding carboxylic acids is 1. The third-order valence-corrected chi connectivity index (χ3v) is 4.66. The van der Waals surface area contributed by atoms with Gasteiger partial charge < -0.3 is 9.15 Å². The Bertz CT molecular complexity index is 1040. The number of aromatic nitrogens is 1. The summed E-state index contributed by atoms with van der Waals surface area (Å²) in [6.45, 7) is -0.193. The average molecular weight is 375 g/mol. The number of esters is 1. The van der Waals surface area contributed by atoms with Crippen molar-refractivity contribution in [1.82, 2.24) is 4.98 Å². The number of hydrogen-bond donors (Lipinski definition) is 0. The summed E-state index contributed by atoms with van der Waals surface area (Å²) in [5.41, 5.74) is 0.873. The fraction of sp³-hybridized carbons (Fsp3) is 0.111. The molecule has 0 fully saturated rings. The van der Waals surface area contributed by atoms with Crippen LogP contribution in [0, 0.1) is 5.82 Å². The summed E-state index contributed by atoms with van der Waals surface area (Å²) in [4.78, 5) is 16.3. The minimum absolute atomic E-state index is 0.0442. The molecule has 3 rings (SSSR count). The molecule has 6 nitrogen and oxygen atoms in total. The van der Waals surface area contributed by atoms with Gasteiger partial charge in [0.25, 0.3) is 0 Å². The smallest absolute Gasteiger partial charge is 0.339 e. The van der Waals surface area contributed by atoms with Crippen molar-refractivity contribution in [1.29, 1.82) is 0 Å². The van der Waals surface area contributed by atoms with E-state index in [1.165, 1.54) is 48.7 Å². The van der Waals surface area contributed by atoms with Crippen molar-refractivity contribution in [2.24, 2.45) is 0 Å². The zero-order valence-corrected chi connectivity index (χ0v) is 14.5. The van der Waals surface area contributed by atoms with Gasteiger partial charge in [-0.05, 0) is 36.4 Å². The first kappa shape index (κ1) is 17.8. The van der Waals surface area contributed by atoms with Gasteiger partial charge in [-0.1, -0.05) is 12.1 Å². The predicted octanol–water partition coefficient (Wildman–Crippen LogP) is 3.24. The summed E-state index contributed by atoms with van der Waals surface area (Å²) in [6, 6.07) is 11.4. The maximum absolute atomic E-state index is 12.9. The van der Waals surface area contributed by atoms with Gasteiger partial charge in [-0.3, -0.25) is 0 Å². The van der Waals surface area contributed by atoms with Crippen molar-refractivity contribution < 1.29 is 26.8 Å². The molecule has 8 heteroatoms. The Morgan fingerprint density at radius 1 is 1.15 bits per heavy atom. The van der Waals surface area contributed by atoms with E-state index >= 15 is 0 Å². The molecule has 0 aliphatic rings. The van der Waals surface area contributed by atoms with Crippen LogP contribution in [0.3, 0.4) is 0 Å². The standard InChI is InChI=1S/C18H14FNO5S/c1-26(22,23)16-5-3-2-4-15(16)18(21)25-11-14-10-24-17(20-14)12-6-8-13(19)9-7-12/h2-10H,11H2,1H3. The molecule has 0 spiro atoms. The van der Waals surface area contributed by atoms with E-state index in [1.807, 2.05) is 0 Å². The van der Waals surface area contributed by atoms with Gasteiger partial charge in [0.15, 0.2) is 9.84 Å². The predicted molar refractivity (Wildman–Crippen MR) is 90.6 cm³/mol. The van der Waals surface area contributed by atoms with Crippen molar-refractivity contribution in [2.75, 3.05) is 6.26 Å². The number of nitrogens with zero attached hydrogens (tertiary/aromatic N) is 1. The summed E-state index contributed by atoms with van der Waals surface area (Å²) in [5.74, 6) is -0.899. The number of oxazole rings is 1. The minimum Gasteiger partial charge on any atom is -0.455 e. The van der Waals surface area contributed by atoms with Crippen LogP contribution in [0.15, 0.2) is 64.1 Å². The number of halogens is 1. The van der Waals surface area contributed by atoms with E-state index in [9.17, 15) is 17.6 Å². The molecule has 3 aromatic rings. The van der Waals surface area contributed by atoms with Crippen LogP contribution in [0.2, 0.25) is 0 Å². The summed E-state index contributed by atoms with van der Waals surface area (Å²) >= 11 is 0. The fourth-order valence-corrected chi connectivity index (χ4v) is 3.15. The summed E-state index contributed by atoms with van der Waals surface area (Å²) < 4.78 is 46.9. The highest BCUT2D eigenvalue weighted by Gasteiger charge is 2.19. The molecular formula is C18H14FNO5S. The lowest BCUT2D eigenvalue weighted by atomic mass is 10.2. The second kappa shape index (κ2) is 7.09. The largest absolute Gasteiger partial charge is 0.455 e. The van der Waals surface area contributed by atoms with E-state index in [1.54, 1.807) is 6.07 Å². The van der Waals surface area contributed by atoms with Crippen LogP contribution in [0.1, 0.15) is 16.1 Å². The van der Waals surface area contributed by atoms with Gasteiger partial charge in [0.2, 0.25) is 5.89 Å². The third kappa shape index (κ3) is 3.97. The first-order valence-electron chi connectivity index (χ1n) is 7.51. The molecule has 0 saturated carbocycles. The Hall–Kier alpha value is -3.00. The number of hydrogen-bond acceptors (Lipinski definition) is 6. The molecule has 26 heavy (non-hydrogen) atoms. The van der Waals surface area contributed by atoms with Crippen molar-refractivity contribution in [3.63, 3.8) is 0 Å². The first-order chi connectivity index (χ1) is 12.3. The molecule has 134 valence electrons. The average Bonchev–Trinajstić information content (AvgIpc) is 3.08. The Morgan fingerprint density at radius 3 is 2.54 bits per heavy atom. The number of rotatable bonds is 5. The van der Waals surface area contributed by atoms with Crippen LogP contribution in [0.4, 0.5) is 4.39 Å². The van der Waals surface area contributed by atoms with Crippen LogP contribution >= 0.6 is 0 Å². The van der Waals surface area contributed by atoms with Crippen LogP contribution in [0.25, 0.3) is 11.5 Å². The Morgan fingerprint density at radius 2 is 1.85 bits per heavy atom. The van der Waals surface area contributed by atoms with Gasteiger partial charge in [-0.25, -0.2) is 22.6 Å². The topological polar surface area (TPSA) is 86.5 Å². The van der Waals surface area contributed by atoms with E-state index < -0.39 is 15.8 Å². The second-order valence-corrected chi connectivity index (χ2v) is 7.48. The quantitative estimate of drug-likeness (QED) is 0.636. The van der Waals surface area contributed by atoms with Gasteiger partial charge in [-0.15, -0.1) is 0 Å². The van der Waals surface area contributed by atoms with Gasteiger partial charge in [0.1, 0.15) is 24.4 Å². The molecular weight excluding hydrogens is 361 g/mol. The SMILES string of the molecule is CS(=O)(=O)c1ccccc1C(=O)OCc1coc(-c2ccc(F)cc2)n1. The molecule has 0 radical (unpaired) electrons. The molecule has 2 aromatic carbocycles. The van der Waals surface area contributed by atoms with Crippen molar-refractivity contribution in [3.05, 3.63) is 71.9 Å². The number of ether oxygens (including phenoxy) is 1. The fourth-order valence-electron chi connectivity index (χ4n) is 2.27. The van der Waals surface area contributed by atoms with Gasteiger partial charge in [-0.2, -0.15) is 0 Å². The van der Waals surface area contributed by atoms with E-state index in [4.69, 9.17) is 9.15 Å². The highest BCUT2D eigenvalue weighted by atomic mass is 32.2. The monoisotopic (exact) mass is 375 g/mol. The number of sulfone groups is 1. The van der Waals surface area contributed by atoms with Crippen molar-refractivity contribution >= 4 is 15.8 Å². The lowest BCUT2D eigenvalue weighted by molar-refractivity contribution is 0.0463. The van der Waals surface area contributed by atoms with Crippen LogP contribution in [-0.2, 0) is 21.2 Å². The van der Waals surface area contributed by atoms with E-state index in [0.717, 1.165) is 6.26 Å². The van der Waals surface area contributed by atoms with Gasteiger partial charge in [0, 0.05) is 11.8 Å². The highest BCUT2D eigenvalue weighted by molar-refractivity contribution is 7.90. The zero-order valence-electron chi connectivity index (χ0n) is 13.7. The summed E-state index contributed by atoms with van der Waals surface area (Å²) in [7, 11) is -3.56. The Balaban J connectivity index is 1.72. The molecule has 0 saturated heterocycles. The first-order valence-corrected chi connectivity index (χ1v) is 9.40. The minimum atomic E-state index is -3.56. The molecule has 0 amide bonds. The molecule has 0 aliphatic heterocycles. The van der Waals surface area contributed by atoms with Crippen LogP contribution in [0.5, 0.6) is 0 Å². The van der Waals surface area contributed by atoms with Crippen LogP contribution in [-0.4, -0.2) is 25.6 Å². The summed E-state index contributed by atoms with van der Waals surface area (Å²) in [6.07, 6.45) is 2.33. The number of benzene rings is 2. The van der Waals surface area contributed by atoms with Crippen molar-refractivity contribution in [2.45, 2.75) is 11.5 Å². The molecule has 0 bridgehead atoms. The van der Waals surface area contributed by atoms with Crippen molar-refractivity contribution in [3.8, 4) is 11.5 Å². The molecule has 1 heterocycles. The van der Waals surface area contributed by atoms with Crippen LogP contribution < -0.4 is 0 Å². The van der Waals surface area contributed by atoms with E-state index in [2.05, 4.69) is 4.98 Å². The zero-order chi connectivity index (χ0) is 18.7. The maximum atomic E-state index is 12.9. The maximum Gasteiger partial charge on any atom is 0.339 e. The van der Waals surface area contributed by atoms with E-state index in [-0.39, 0.29) is 28.8 Å². The third-order valence-electron chi connectivity index (χ3n) is 3.50. The van der Waals surface area contributed by atoms with Gasteiger partial charge >= 0.3 is 5.97 Å². The molecule has 0 unspecified atom stereocenters. The lowest BCUT2D eigenvalue weighted by Gasteiger charge is -2.07. The summed E-state index contributed by atoms with van der Waals surface area (Å²) in [5, 5.41) is 0. The number of carbonyl (C=O) groups is 1.